The molecular formula is C14H8Br2F2N4O2S. The number of thiazole rings is 1. The monoisotopic (exact) mass is 492 g/mol. The Balaban J connectivity index is 1.72. The van der Waals surface area contributed by atoms with Crippen LogP contribution in [0.2, 0.25) is 0 Å². The fraction of sp³-hybridized carbons (Fsp3) is 0.0714. The number of ether oxygens (including phenoxy) is 1. The second kappa shape index (κ2) is 7.58. The smallest absolute Gasteiger partial charge is 0.387 e. The van der Waals surface area contributed by atoms with Crippen molar-refractivity contribution < 1.29 is 18.3 Å². The summed E-state index contributed by atoms with van der Waals surface area (Å²) in [6.07, 6.45) is 0. The van der Waals surface area contributed by atoms with E-state index in [-0.39, 0.29) is 11.4 Å². The quantitative estimate of drug-likeness (QED) is 0.529. The first-order valence-corrected chi connectivity index (χ1v) is 9.12. The number of carbonyl (C=O) groups excluding carboxylic acids is 1. The van der Waals surface area contributed by atoms with Gasteiger partial charge >= 0.3 is 6.61 Å². The van der Waals surface area contributed by atoms with Gasteiger partial charge in [0, 0.05) is 10.9 Å². The Kier molecular flexibility index (Phi) is 5.45. The van der Waals surface area contributed by atoms with Crippen molar-refractivity contribution in [2.24, 2.45) is 0 Å². The Morgan fingerprint density at radius 2 is 2.00 bits per heavy atom. The third-order valence-electron chi connectivity index (χ3n) is 2.98. The van der Waals surface area contributed by atoms with Crippen molar-refractivity contribution in [2.75, 3.05) is 5.32 Å². The Morgan fingerprint density at radius 1 is 1.28 bits per heavy atom. The highest BCUT2D eigenvalue weighted by atomic mass is 79.9. The van der Waals surface area contributed by atoms with E-state index < -0.39 is 12.5 Å². The van der Waals surface area contributed by atoms with Gasteiger partial charge in [0.1, 0.15) is 10.4 Å². The molecule has 2 N–H and O–H groups in total. The van der Waals surface area contributed by atoms with Crippen molar-refractivity contribution in [2.45, 2.75) is 6.61 Å². The van der Waals surface area contributed by atoms with Crippen LogP contribution in [0, 0.1) is 0 Å². The fourth-order valence-electron chi connectivity index (χ4n) is 1.88. The number of carbonyl (C=O) groups is 1. The number of halogens is 4. The van der Waals surface area contributed by atoms with E-state index in [1.54, 1.807) is 17.5 Å². The molecule has 0 saturated heterocycles. The fourth-order valence-corrected chi connectivity index (χ4v) is 3.23. The number of rotatable bonds is 5. The first-order valence-electron chi connectivity index (χ1n) is 6.65. The van der Waals surface area contributed by atoms with Crippen molar-refractivity contribution in [3.05, 3.63) is 44.4 Å². The molecule has 0 aliphatic rings. The number of nitrogens with zero attached hydrogens (tertiary/aromatic N) is 2. The molecule has 0 radical (unpaired) electrons. The van der Waals surface area contributed by atoms with Crippen LogP contribution in [-0.2, 0) is 0 Å². The number of benzene rings is 1. The van der Waals surface area contributed by atoms with E-state index in [0.29, 0.717) is 25.5 Å². The minimum atomic E-state index is -2.87. The lowest BCUT2D eigenvalue weighted by Crippen LogP contribution is -2.12. The molecule has 1 amide bonds. The van der Waals surface area contributed by atoms with E-state index in [4.69, 9.17) is 0 Å². The number of aromatic nitrogens is 3. The molecule has 11 heteroatoms. The van der Waals surface area contributed by atoms with Gasteiger partial charge in [-0.3, -0.25) is 15.2 Å². The molecule has 0 aliphatic carbocycles. The molecule has 0 saturated carbocycles. The number of aromatic amines is 1. The molecule has 3 rings (SSSR count). The molecule has 0 atom stereocenters. The highest BCUT2D eigenvalue weighted by molar-refractivity contribution is 9.13. The molecule has 0 fully saturated rings. The first-order chi connectivity index (χ1) is 11.9. The summed E-state index contributed by atoms with van der Waals surface area (Å²) >= 11 is 7.69. The lowest BCUT2D eigenvalue weighted by molar-refractivity contribution is -0.0498. The third-order valence-corrected chi connectivity index (χ3v) is 5.62. The topological polar surface area (TPSA) is 79.9 Å². The maximum Gasteiger partial charge on any atom is 0.387 e. The molecule has 2 heterocycles. The van der Waals surface area contributed by atoms with Crippen LogP contribution in [0.5, 0.6) is 5.75 Å². The Labute approximate surface area is 160 Å². The van der Waals surface area contributed by atoms with E-state index in [0.717, 1.165) is 0 Å². The van der Waals surface area contributed by atoms with Crippen molar-refractivity contribution in [3.8, 4) is 17.0 Å². The van der Waals surface area contributed by atoms with Gasteiger partial charge in [0.05, 0.1) is 10.2 Å². The standard InChI is InChI=1S/C14H8Br2F2N4O2S/c15-9-10(21-22-11(9)16)12(23)20-14-19-8(5-25-14)6-1-3-7(4-2-6)24-13(17)18/h1-5,13H,(H,21,22)(H,19,20,23). The summed E-state index contributed by atoms with van der Waals surface area (Å²) in [5.74, 6) is -0.355. The third kappa shape index (κ3) is 4.22. The second-order valence-electron chi connectivity index (χ2n) is 4.60. The highest BCUT2D eigenvalue weighted by Crippen LogP contribution is 2.28. The lowest BCUT2D eigenvalue weighted by atomic mass is 10.2. The Morgan fingerprint density at radius 3 is 2.60 bits per heavy atom. The zero-order valence-electron chi connectivity index (χ0n) is 12.1. The maximum atomic E-state index is 12.2. The number of alkyl halides is 2. The Hall–Kier alpha value is -1.85. The van der Waals surface area contributed by atoms with Crippen LogP contribution < -0.4 is 10.1 Å². The van der Waals surface area contributed by atoms with E-state index in [1.165, 1.54) is 23.5 Å². The van der Waals surface area contributed by atoms with E-state index >= 15 is 0 Å². The van der Waals surface area contributed by atoms with E-state index in [2.05, 4.69) is 57.1 Å². The summed E-state index contributed by atoms with van der Waals surface area (Å²) in [6, 6.07) is 6.08. The molecule has 130 valence electrons. The summed E-state index contributed by atoms with van der Waals surface area (Å²) in [5, 5.41) is 11.3. The van der Waals surface area contributed by atoms with Crippen LogP contribution in [0.25, 0.3) is 11.3 Å². The van der Waals surface area contributed by atoms with Gasteiger partial charge in [0.2, 0.25) is 0 Å². The Bertz CT molecular complexity index is 899. The molecular weight excluding hydrogens is 486 g/mol. The van der Waals surface area contributed by atoms with E-state index in [1.807, 2.05) is 0 Å². The van der Waals surface area contributed by atoms with Crippen molar-refractivity contribution in [1.29, 1.82) is 0 Å². The average Bonchev–Trinajstić information content (AvgIpc) is 3.15. The lowest BCUT2D eigenvalue weighted by Gasteiger charge is -2.04. The van der Waals surface area contributed by atoms with Crippen LogP contribution in [0.3, 0.4) is 0 Å². The second-order valence-corrected chi connectivity index (χ2v) is 7.04. The van der Waals surface area contributed by atoms with Gasteiger partial charge < -0.3 is 4.74 Å². The van der Waals surface area contributed by atoms with Crippen LogP contribution >= 0.6 is 43.2 Å². The summed E-state index contributed by atoms with van der Waals surface area (Å²) < 4.78 is 29.7. The van der Waals surface area contributed by atoms with Crippen LogP contribution in [0.15, 0.2) is 38.7 Å². The number of nitrogens with one attached hydrogen (secondary N) is 2. The summed E-state index contributed by atoms with van der Waals surface area (Å²) in [6.45, 7) is -2.87. The predicted molar refractivity (Wildman–Crippen MR) is 96.1 cm³/mol. The van der Waals surface area contributed by atoms with Gasteiger partial charge in [0.25, 0.3) is 5.91 Å². The minimum Gasteiger partial charge on any atom is -0.435 e. The zero-order chi connectivity index (χ0) is 18.0. The van der Waals surface area contributed by atoms with Gasteiger partial charge in [0.15, 0.2) is 10.8 Å². The number of amides is 1. The zero-order valence-corrected chi connectivity index (χ0v) is 16.1. The largest absolute Gasteiger partial charge is 0.435 e. The SMILES string of the molecule is O=C(Nc1nc(-c2ccc(OC(F)F)cc2)cs1)c1n[nH]c(Br)c1Br. The van der Waals surface area contributed by atoms with Crippen molar-refractivity contribution >= 4 is 54.2 Å². The summed E-state index contributed by atoms with van der Waals surface area (Å²) in [5.41, 5.74) is 1.50. The molecule has 0 aliphatic heterocycles. The molecule has 0 bridgehead atoms. The molecule has 1 aromatic carbocycles. The molecule has 2 aromatic heterocycles. The molecule has 0 spiro atoms. The molecule has 0 unspecified atom stereocenters. The maximum absolute atomic E-state index is 12.2. The van der Waals surface area contributed by atoms with Crippen LogP contribution in [-0.4, -0.2) is 27.7 Å². The van der Waals surface area contributed by atoms with Gasteiger partial charge in [-0.1, -0.05) is 0 Å². The first kappa shape index (κ1) is 18.0. The van der Waals surface area contributed by atoms with Gasteiger partial charge in [-0.15, -0.1) is 11.3 Å². The van der Waals surface area contributed by atoms with Gasteiger partial charge in [-0.25, -0.2) is 4.98 Å². The van der Waals surface area contributed by atoms with Crippen LogP contribution in [0.1, 0.15) is 10.5 Å². The van der Waals surface area contributed by atoms with Crippen molar-refractivity contribution in [1.82, 2.24) is 15.2 Å². The minimum absolute atomic E-state index is 0.0662. The number of hydrogen-bond donors (Lipinski definition) is 2. The van der Waals surface area contributed by atoms with Gasteiger partial charge in [-0.2, -0.15) is 13.9 Å². The molecule has 6 nitrogen and oxygen atoms in total. The summed E-state index contributed by atoms with van der Waals surface area (Å²) in [7, 11) is 0. The normalized spacial score (nSPS) is 10.9. The summed E-state index contributed by atoms with van der Waals surface area (Å²) in [4.78, 5) is 16.5. The molecule has 25 heavy (non-hydrogen) atoms. The number of anilines is 1. The van der Waals surface area contributed by atoms with Crippen LogP contribution in [0.4, 0.5) is 13.9 Å². The number of hydrogen-bond acceptors (Lipinski definition) is 5. The molecule has 3 aromatic rings. The average molecular weight is 494 g/mol. The number of H-pyrrole nitrogens is 1. The predicted octanol–water partition coefficient (Wildman–Crippen LogP) is 4.91. The van der Waals surface area contributed by atoms with Gasteiger partial charge in [-0.05, 0) is 56.1 Å². The highest BCUT2D eigenvalue weighted by Gasteiger charge is 2.18. The van der Waals surface area contributed by atoms with Crippen molar-refractivity contribution in [3.63, 3.8) is 0 Å². The van der Waals surface area contributed by atoms with E-state index in [9.17, 15) is 13.6 Å².